The number of nitrogens with two attached hydrogens (primary N) is 1. The number of hydrogen-bond donors (Lipinski definition) is 2. The van der Waals surface area contributed by atoms with E-state index in [1.54, 1.807) is 0 Å². The minimum Gasteiger partial charge on any atom is -0.487 e. The quantitative estimate of drug-likeness (QED) is 0.729. The maximum Gasteiger partial charge on any atom is 0.259 e. The molecule has 1 aromatic rings. The zero-order chi connectivity index (χ0) is 16.2. The highest BCUT2D eigenvalue weighted by Crippen LogP contribution is 2.53. The summed E-state index contributed by atoms with van der Waals surface area (Å²) in [7, 11) is 0. The molecule has 1 saturated carbocycles. The lowest BCUT2D eigenvalue weighted by atomic mass is 9.68. The van der Waals surface area contributed by atoms with Gasteiger partial charge in [-0.3, -0.25) is 10.1 Å². The molecule has 2 heterocycles. The monoisotopic (exact) mass is 377 g/mol. The third-order valence-electron chi connectivity index (χ3n) is 5.27. The van der Waals surface area contributed by atoms with Gasteiger partial charge in [0.1, 0.15) is 11.4 Å². The van der Waals surface area contributed by atoms with E-state index in [-0.39, 0.29) is 17.5 Å². The fourth-order valence-electron chi connectivity index (χ4n) is 4.42. The Labute approximate surface area is 143 Å². The van der Waals surface area contributed by atoms with Crippen LogP contribution in [0.3, 0.4) is 0 Å². The Hall–Kier alpha value is -1.56. The van der Waals surface area contributed by atoms with Gasteiger partial charge in [-0.2, -0.15) is 0 Å². The highest BCUT2D eigenvalue weighted by atomic mass is 79.9. The second-order valence-electron chi connectivity index (χ2n) is 7.12. The predicted molar refractivity (Wildman–Crippen MR) is 91.2 cm³/mol. The topological polar surface area (TPSA) is 76.7 Å². The molecule has 1 fully saturated rings. The van der Waals surface area contributed by atoms with Gasteiger partial charge in [0, 0.05) is 16.5 Å². The van der Waals surface area contributed by atoms with Crippen LogP contribution in [0.25, 0.3) is 0 Å². The zero-order valence-electron chi connectivity index (χ0n) is 13.1. The van der Waals surface area contributed by atoms with E-state index < -0.39 is 5.54 Å². The number of guanidine groups is 1. The zero-order valence-corrected chi connectivity index (χ0v) is 14.6. The number of nitrogens with zero attached hydrogens (tertiary/aromatic N) is 1. The number of hydrogen-bond acceptors (Lipinski definition) is 4. The molecule has 23 heavy (non-hydrogen) atoms. The van der Waals surface area contributed by atoms with Crippen molar-refractivity contribution in [3.63, 3.8) is 0 Å². The molecular formula is C17H20BrN3O2. The number of rotatable bonds is 0. The SMILES string of the molecule is CC1CCCC2(C1)CC1(N=C(N)NC1=O)c1cc(Br)ccc1O2. The Kier molecular flexibility index (Phi) is 3.24. The van der Waals surface area contributed by atoms with Crippen LogP contribution in [0.4, 0.5) is 0 Å². The first-order valence-corrected chi connectivity index (χ1v) is 8.88. The molecule has 122 valence electrons. The fourth-order valence-corrected chi connectivity index (χ4v) is 4.78. The number of nitrogens with one attached hydrogen (secondary N) is 1. The van der Waals surface area contributed by atoms with Gasteiger partial charge < -0.3 is 10.5 Å². The predicted octanol–water partition coefficient (Wildman–Crippen LogP) is 2.82. The fraction of sp³-hybridized carbons (Fsp3) is 0.529. The van der Waals surface area contributed by atoms with Gasteiger partial charge in [0.25, 0.3) is 5.91 Å². The van der Waals surface area contributed by atoms with E-state index in [1.165, 1.54) is 6.42 Å². The van der Waals surface area contributed by atoms with Crippen molar-refractivity contribution in [2.75, 3.05) is 0 Å². The van der Waals surface area contributed by atoms with Gasteiger partial charge >= 0.3 is 0 Å². The molecule has 0 radical (unpaired) electrons. The minimum absolute atomic E-state index is 0.143. The van der Waals surface area contributed by atoms with Crippen LogP contribution in [0.2, 0.25) is 0 Å². The second kappa shape index (κ2) is 4.97. The van der Waals surface area contributed by atoms with Crippen molar-refractivity contribution < 1.29 is 9.53 Å². The Morgan fingerprint density at radius 1 is 1.48 bits per heavy atom. The average Bonchev–Trinajstić information content (AvgIpc) is 2.74. The molecule has 0 aromatic heterocycles. The number of carbonyl (C=O) groups is 1. The Balaban J connectivity index is 1.88. The summed E-state index contributed by atoms with van der Waals surface area (Å²) in [4.78, 5) is 17.3. The lowest BCUT2D eigenvalue weighted by Gasteiger charge is -2.48. The third kappa shape index (κ3) is 2.26. The Morgan fingerprint density at radius 3 is 3.00 bits per heavy atom. The summed E-state index contributed by atoms with van der Waals surface area (Å²) < 4.78 is 7.35. The first-order chi connectivity index (χ1) is 10.9. The van der Waals surface area contributed by atoms with Crippen LogP contribution in [0.15, 0.2) is 27.7 Å². The molecular weight excluding hydrogens is 358 g/mol. The van der Waals surface area contributed by atoms with Crippen molar-refractivity contribution in [2.45, 2.75) is 50.2 Å². The van der Waals surface area contributed by atoms with Crippen LogP contribution < -0.4 is 15.8 Å². The molecule has 2 aliphatic heterocycles. The molecule has 1 aromatic carbocycles. The number of aliphatic imine (C=N–C) groups is 1. The van der Waals surface area contributed by atoms with E-state index in [0.717, 1.165) is 35.0 Å². The van der Waals surface area contributed by atoms with Crippen LogP contribution in [0.1, 0.15) is 44.6 Å². The maximum absolute atomic E-state index is 12.8. The first-order valence-electron chi connectivity index (χ1n) is 8.08. The standard InChI is InChI=1S/C17H20BrN3O2/c1-10-3-2-6-16(8-10)9-17(14(22)20-15(19)21-17)12-7-11(18)4-5-13(12)23-16/h4-5,7,10H,2-3,6,8-9H2,1H3,(H3,19,20,21,22). The van der Waals surface area contributed by atoms with Gasteiger partial charge in [0.05, 0.1) is 0 Å². The molecule has 3 atom stereocenters. The summed E-state index contributed by atoms with van der Waals surface area (Å²) in [6.07, 6.45) is 4.79. The van der Waals surface area contributed by atoms with Gasteiger partial charge in [0.2, 0.25) is 0 Å². The molecule has 4 rings (SSSR count). The van der Waals surface area contributed by atoms with E-state index in [1.807, 2.05) is 18.2 Å². The van der Waals surface area contributed by atoms with Gasteiger partial charge in [-0.1, -0.05) is 29.3 Å². The molecule has 3 N–H and O–H groups in total. The summed E-state index contributed by atoms with van der Waals surface area (Å²) in [6, 6.07) is 5.80. The van der Waals surface area contributed by atoms with Gasteiger partial charge in [-0.25, -0.2) is 4.99 Å². The minimum atomic E-state index is -0.960. The van der Waals surface area contributed by atoms with E-state index in [0.29, 0.717) is 12.3 Å². The molecule has 6 heteroatoms. The van der Waals surface area contributed by atoms with E-state index in [9.17, 15) is 4.79 Å². The van der Waals surface area contributed by atoms with E-state index in [2.05, 4.69) is 33.2 Å². The molecule has 3 aliphatic rings. The van der Waals surface area contributed by atoms with Crippen molar-refractivity contribution >= 4 is 27.8 Å². The number of benzene rings is 1. The summed E-state index contributed by atoms with van der Waals surface area (Å²) in [5.74, 6) is 1.39. The lowest BCUT2D eigenvalue weighted by Crippen LogP contribution is -2.53. The van der Waals surface area contributed by atoms with E-state index in [4.69, 9.17) is 10.5 Å². The van der Waals surface area contributed by atoms with Crippen molar-refractivity contribution in [1.29, 1.82) is 0 Å². The summed E-state index contributed by atoms with van der Waals surface area (Å²) >= 11 is 3.49. The normalized spacial score (nSPS) is 35.7. The highest BCUT2D eigenvalue weighted by molar-refractivity contribution is 9.10. The smallest absolute Gasteiger partial charge is 0.259 e. The summed E-state index contributed by atoms with van der Waals surface area (Å²) in [5.41, 5.74) is 5.35. The molecule has 1 amide bonds. The number of carbonyl (C=O) groups excluding carboxylic acids is 1. The molecule has 3 unspecified atom stereocenters. The Morgan fingerprint density at radius 2 is 2.30 bits per heavy atom. The van der Waals surface area contributed by atoms with Crippen molar-refractivity contribution in [1.82, 2.24) is 5.32 Å². The number of fused-ring (bicyclic) bond motifs is 2. The van der Waals surface area contributed by atoms with Crippen molar-refractivity contribution in [3.8, 4) is 5.75 Å². The highest BCUT2D eigenvalue weighted by Gasteiger charge is 2.57. The number of ether oxygens (including phenoxy) is 1. The number of amides is 1. The van der Waals surface area contributed by atoms with Crippen LogP contribution in [0, 0.1) is 5.92 Å². The van der Waals surface area contributed by atoms with Crippen LogP contribution in [-0.4, -0.2) is 17.5 Å². The largest absolute Gasteiger partial charge is 0.487 e. The molecule has 2 spiro atoms. The second-order valence-corrected chi connectivity index (χ2v) is 8.03. The molecule has 0 saturated heterocycles. The summed E-state index contributed by atoms with van der Waals surface area (Å²) in [5, 5.41) is 2.69. The van der Waals surface area contributed by atoms with Crippen LogP contribution in [-0.2, 0) is 10.3 Å². The lowest BCUT2D eigenvalue weighted by molar-refractivity contribution is -0.129. The van der Waals surface area contributed by atoms with Crippen LogP contribution >= 0.6 is 15.9 Å². The molecule has 0 bridgehead atoms. The summed E-state index contributed by atoms with van der Waals surface area (Å²) in [6.45, 7) is 2.25. The number of halogens is 1. The molecule has 5 nitrogen and oxygen atoms in total. The maximum atomic E-state index is 12.8. The van der Waals surface area contributed by atoms with Gasteiger partial charge in [0.15, 0.2) is 11.5 Å². The van der Waals surface area contributed by atoms with Crippen LogP contribution in [0.5, 0.6) is 5.75 Å². The Bertz CT molecular complexity index is 720. The average molecular weight is 378 g/mol. The van der Waals surface area contributed by atoms with Crippen molar-refractivity contribution in [2.24, 2.45) is 16.6 Å². The van der Waals surface area contributed by atoms with Crippen molar-refractivity contribution in [3.05, 3.63) is 28.2 Å². The van der Waals surface area contributed by atoms with Gasteiger partial charge in [-0.05, 0) is 43.4 Å². The van der Waals surface area contributed by atoms with Gasteiger partial charge in [-0.15, -0.1) is 0 Å². The first kappa shape index (κ1) is 15.0. The third-order valence-corrected chi connectivity index (χ3v) is 5.76. The molecule has 1 aliphatic carbocycles. The van der Waals surface area contributed by atoms with E-state index >= 15 is 0 Å².